The van der Waals surface area contributed by atoms with Gasteiger partial charge in [-0.05, 0) is 39.4 Å². The van der Waals surface area contributed by atoms with Gasteiger partial charge < -0.3 is 5.73 Å². The topological polar surface area (TPSA) is 26.0 Å². The van der Waals surface area contributed by atoms with Crippen molar-refractivity contribution in [2.75, 3.05) is 5.73 Å². The van der Waals surface area contributed by atoms with Gasteiger partial charge in [0.2, 0.25) is 0 Å². The molecule has 0 saturated heterocycles. The van der Waals surface area contributed by atoms with Gasteiger partial charge >= 0.3 is 0 Å². The average Bonchev–Trinajstić information content (AvgIpc) is 2.14. The molecule has 0 aliphatic heterocycles. The van der Waals surface area contributed by atoms with Crippen molar-refractivity contribution < 1.29 is 0 Å². The number of nitrogens with two attached hydrogens (primary N) is 1. The number of hydrogen-bond acceptors (Lipinski definition) is 1. The molecule has 2 N–H and O–H groups in total. The van der Waals surface area contributed by atoms with E-state index in [-0.39, 0.29) is 10.8 Å². The lowest BCUT2D eigenvalue weighted by atomic mass is 9.76. The second-order valence-electron chi connectivity index (χ2n) is 9.34. The van der Waals surface area contributed by atoms with Crippen molar-refractivity contribution in [3.8, 4) is 0 Å². The summed E-state index contributed by atoms with van der Waals surface area (Å²) < 4.78 is 0. The summed E-state index contributed by atoms with van der Waals surface area (Å²) in [5, 5.41) is 0. The quantitative estimate of drug-likeness (QED) is 0.677. The molecule has 0 bridgehead atoms. The number of benzene rings is 1. The van der Waals surface area contributed by atoms with Crippen molar-refractivity contribution >= 4 is 5.69 Å². The lowest BCUT2D eigenvalue weighted by Gasteiger charge is -2.30. The minimum Gasteiger partial charge on any atom is -0.398 e. The average molecular weight is 275 g/mol. The summed E-state index contributed by atoms with van der Waals surface area (Å²) in [5.74, 6) is 0. The molecule has 114 valence electrons. The van der Waals surface area contributed by atoms with Crippen LogP contribution >= 0.6 is 0 Å². The molecule has 1 rings (SSSR count). The highest BCUT2D eigenvalue weighted by Crippen LogP contribution is 2.38. The maximum atomic E-state index is 6.49. The van der Waals surface area contributed by atoms with Gasteiger partial charge in [0.15, 0.2) is 0 Å². The van der Waals surface area contributed by atoms with E-state index in [2.05, 4.69) is 74.4 Å². The Hall–Kier alpha value is -0.980. The molecule has 1 aromatic carbocycles. The second kappa shape index (κ2) is 5.09. The smallest absolute Gasteiger partial charge is 0.0390 e. The van der Waals surface area contributed by atoms with E-state index in [1.165, 1.54) is 16.7 Å². The van der Waals surface area contributed by atoms with Crippen LogP contribution in [0.4, 0.5) is 5.69 Å². The maximum Gasteiger partial charge on any atom is 0.0390 e. The van der Waals surface area contributed by atoms with Gasteiger partial charge in [-0.2, -0.15) is 0 Å². The molecule has 0 saturated carbocycles. The zero-order valence-corrected chi connectivity index (χ0v) is 14.9. The van der Waals surface area contributed by atoms with Gasteiger partial charge in [0.05, 0.1) is 0 Å². The van der Waals surface area contributed by atoms with Crippen molar-refractivity contribution in [2.24, 2.45) is 5.41 Å². The van der Waals surface area contributed by atoms with Crippen LogP contribution in [0.25, 0.3) is 0 Å². The van der Waals surface area contributed by atoms with Crippen LogP contribution in [-0.4, -0.2) is 0 Å². The Kier molecular flexibility index (Phi) is 4.35. The highest BCUT2D eigenvalue weighted by atomic mass is 14.6. The SMILES string of the molecule is CC(C)(C)Cc1cc(C(C)(C)C)c(N)c(C(C)(C)C)c1. The zero-order valence-electron chi connectivity index (χ0n) is 14.9. The molecule has 0 spiro atoms. The van der Waals surface area contributed by atoms with Crippen molar-refractivity contribution in [1.29, 1.82) is 0 Å². The zero-order chi connectivity index (χ0) is 15.9. The van der Waals surface area contributed by atoms with Crippen LogP contribution in [-0.2, 0) is 17.3 Å². The van der Waals surface area contributed by atoms with Crippen LogP contribution in [0.5, 0.6) is 0 Å². The Morgan fingerprint density at radius 2 is 1.10 bits per heavy atom. The molecule has 0 radical (unpaired) electrons. The highest BCUT2D eigenvalue weighted by Gasteiger charge is 2.26. The maximum absolute atomic E-state index is 6.49. The van der Waals surface area contributed by atoms with Gasteiger partial charge in [-0.15, -0.1) is 0 Å². The van der Waals surface area contributed by atoms with Gasteiger partial charge in [0.25, 0.3) is 0 Å². The summed E-state index contributed by atoms with van der Waals surface area (Å²) in [4.78, 5) is 0. The van der Waals surface area contributed by atoms with Crippen molar-refractivity contribution in [3.05, 3.63) is 28.8 Å². The molecular weight excluding hydrogens is 242 g/mol. The molecule has 0 heterocycles. The van der Waals surface area contributed by atoms with Crippen LogP contribution in [0.15, 0.2) is 12.1 Å². The van der Waals surface area contributed by atoms with Crippen molar-refractivity contribution in [3.63, 3.8) is 0 Å². The summed E-state index contributed by atoms with van der Waals surface area (Å²) >= 11 is 0. The summed E-state index contributed by atoms with van der Waals surface area (Å²) in [6, 6.07) is 4.63. The lowest BCUT2D eigenvalue weighted by Crippen LogP contribution is -2.22. The summed E-state index contributed by atoms with van der Waals surface area (Å²) in [5.41, 5.74) is 11.9. The van der Waals surface area contributed by atoms with Crippen LogP contribution < -0.4 is 5.73 Å². The van der Waals surface area contributed by atoms with E-state index in [0.717, 1.165) is 12.1 Å². The monoisotopic (exact) mass is 275 g/mol. The molecule has 20 heavy (non-hydrogen) atoms. The molecule has 0 aliphatic carbocycles. The van der Waals surface area contributed by atoms with E-state index in [1.807, 2.05) is 0 Å². The Labute approximate surface area is 126 Å². The van der Waals surface area contributed by atoms with E-state index in [1.54, 1.807) is 0 Å². The van der Waals surface area contributed by atoms with E-state index in [0.29, 0.717) is 5.41 Å². The minimum atomic E-state index is 0.0813. The third kappa shape index (κ3) is 4.26. The fourth-order valence-corrected chi connectivity index (χ4v) is 2.67. The van der Waals surface area contributed by atoms with Gasteiger partial charge in [-0.1, -0.05) is 74.4 Å². The highest BCUT2D eigenvalue weighted by molar-refractivity contribution is 5.60. The Balaban J connectivity index is 3.51. The minimum absolute atomic E-state index is 0.0813. The van der Waals surface area contributed by atoms with Crippen LogP contribution in [0.2, 0.25) is 0 Å². The first kappa shape index (κ1) is 17.1. The van der Waals surface area contributed by atoms with E-state index in [9.17, 15) is 0 Å². The predicted octanol–water partition coefficient (Wildman–Crippen LogP) is 5.45. The molecule has 0 amide bonds. The first-order chi connectivity index (χ1) is 8.72. The van der Waals surface area contributed by atoms with Crippen LogP contribution in [0.1, 0.15) is 79.0 Å². The van der Waals surface area contributed by atoms with Gasteiger partial charge in [0, 0.05) is 5.69 Å². The summed E-state index contributed by atoms with van der Waals surface area (Å²) in [7, 11) is 0. The van der Waals surface area contributed by atoms with Crippen molar-refractivity contribution in [2.45, 2.75) is 79.6 Å². The van der Waals surface area contributed by atoms with Crippen molar-refractivity contribution in [1.82, 2.24) is 0 Å². The number of nitrogen functional groups attached to an aromatic ring is 1. The van der Waals surface area contributed by atoms with Gasteiger partial charge in [-0.3, -0.25) is 0 Å². The van der Waals surface area contributed by atoms with Crippen LogP contribution in [0, 0.1) is 5.41 Å². The molecule has 0 atom stereocenters. The Bertz CT molecular complexity index is 441. The van der Waals surface area contributed by atoms with Crippen LogP contribution in [0.3, 0.4) is 0 Å². The summed E-state index contributed by atoms with van der Waals surface area (Å²) in [6.07, 6.45) is 1.08. The Morgan fingerprint density at radius 1 is 0.750 bits per heavy atom. The van der Waals surface area contributed by atoms with Gasteiger partial charge in [-0.25, -0.2) is 0 Å². The molecule has 1 heteroatoms. The van der Waals surface area contributed by atoms with E-state index in [4.69, 9.17) is 5.73 Å². The third-order valence-corrected chi connectivity index (χ3v) is 3.59. The molecular formula is C19H33N. The standard InChI is InChI=1S/C19H33N/c1-17(2,3)12-13-10-14(18(4,5)6)16(20)15(11-13)19(7,8)9/h10-11H,12,20H2,1-9H3. The first-order valence-corrected chi connectivity index (χ1v) is 7.65. The number of hydrogen-bond donors (Lipinski definition) is 1. The molecule has 0 aliphatic rings. The summed E-state index contributed by atoms with van der Waals surface area (Å²) in [6.45, 7) is 20.3. The third-order valence-electron chi connectivity index (χ3n) is 3.59. The lowest BCUT2D eigenvalue weighted by molar-refractivity contribution is 0.410. The molecule has 1 nitrogen and oxygen atoms in total. The van der Waals surface area contributed by atoms with E-state index >= 15 is 0 Å². The largest absolute Gasteiger partial charge is 0.398 e. The molecule has 0 aromatic heterocycles. The fourth-order valence-electron chi connectivity index (χ4n) is 2.67. The fraction of sp³-hybridized carbons (Fsp3) is 0.684. The molecule has 0 fully saturated rings. The number of anilines is 1. The first-order valence-electron chi connectivity index (χ1n) is 7.65. The second-order valence-corrected chi connectivity index (χ2v) is 9.34. The molecule has 1 aromatic rings. The van der Waals surface area contributed by atoms with Gasteiger partial charge in [0.1, 0.15) is 0 Å². The normalized spacial score (nSPS) is 13.7. The molecule has 0 unspecified atom stereocenters. The Morgan fingerprint density at radius 3 is 1.35 bits per heavy atom. The number of rotatable bonds is 1. The predicted molar refractivity (Wildman–Crippen MR) is 91.4 cm³/mol. The van der Waals surface area contributed by atoms with E-state index < -0.39 is 0 Å².